The van der Waals surface area contributed by atoms with Gasteiger partial charge >= 0.3 is 12.3 Å². The van der Waals surface area contributed by atoms with E-state index in [1.165, 1.54) is 6.07 Å². The lowest BCUT2D eigenvalue weighted by molar-refractivity contribution is 0.141. The maximum Gasteiger partial charge on any atom is 0.381 e. The highest BCUT2D eigenvalue weighted by molar-refractivity contribution is 8.07. The molecule has 0 N–H and O–H groups in total. The van der Waals surface area contributed by atoms with E-state index in [0.29, 0.717) is 11.3 Å². The van der Waals surface area contributed by atoms with Gasteiger partial charge in [-0.2, -0.15) is 0 Å². The van der Waals surface area contributed by atoms with Gasteiger partial charge < -0.3 is 8.94 Å². The van der Waals surface area contributed by atoms with Crippen LogP contribution in [-0.4, -0.2) is 12.2 Å². The standard InChI is InChI=1S/C16H21O5PS/c1-10(2)19-22(23,20-11(3)4)21-13-6-7-14-12(5)8-16(17)18-15(14)9-13/h6-11H,1-5H3. The van der Waals surface area contributed by atoms with Gasteiger partial charge in [-0.3, -0.25) is 9.05 Å². The van der Waals surface area contributed by atoms with Gasteiger partial charge in [-0.1, -0.05) is 0 Å². The molecule has 2 aromatic rings. The summed E-state index contributed by atoms with van der Waals surface area (Å²) in [6, 6.07) is 6.69. The lowest BCUT2D eigenvalue weighted by Crippen LogP contribution is -2.11. The molecule has 23 heavy (non-hydrogen) atoms. The monoisotopic (exact) mass is 356 g/mol. The molecule has 0 saturated carbocycles. The van der Waals surface area contributed by atoms with Crippen LogP contribution in [0.2, 0.25) is 0 Å². The minimum absolute atomic E-state index is 0.125. The van der Waals surface area contributed by atoms with Gasteiger partial charge in [0, 0.05) is 29.3 Å². The number of fused-ring (bicyclic) bond motifs is 1. The van der Waals surface area contributed by atoms with Gasteiger partial charge in [-0.05, 0) is 52.3 Å². The lowest BCUT2D eigenvalue weighted by Gasteiger charge is -2.25. The molecule has 0 fully saturated rings. The maximum atomic E-state index is 11.5. The van der Waals surface area contributed by atoms with Crippen molar-refractivity contribution in [3.8, 4) is 5.75 Å². The molecule has 1 aromatic carbocycles. The molecule has 0 unspecified atom stereocenters. The number of hydrogen-bond acceptors (Lipinski definition) is 6. The Bertz CT molecular complexity index is 783. The van der Waals surface area contributed by atoms with E-state index in [4.69, 9.17) is 29.8 Å². The van der Waals surface area contributed by atoms with Crippen LogP contribution in [-0.2, 0) is 20.9 Å². The average Bonchev–Trinajstić information content (AvgIpc) is 2.34. The summed E-state index contributed by atoms with van der Waals surface area (Å²) in [4.78, 5) is 11.5. The third-order valence-corrected chi connectivity index (χ3v) is 5.35. The first-order valence-electron chi connectivity index (χ1n) is 7.39. The Balaban J connectivity index is 2.38. The van der Waals surface area contributed by atoms with Crippen LogP contribution in [0.1, 0.15) is 33.3 Å². The predicted octanol–water partition coefficient (Wildman–Crippen LogP) is 4.55. The Morgan fingerprint density at radius 1 is 1.09 bits per heavy atom. The van der Waals surface area contributed by atoms with Gasteiger partial charge in [-0.15, -0.1) is 0 Å². The van der Waals surface area contributed by atoms with Crippen molar-refractivity contribution in [3.63, 3.8) is 0 Å². The van der Waals surface area contributed by atoms with Crippen molar-refractivity contribution in [3.05, 3.63) is 40.2 Å². The molecule has 0 amide bonds. The average molecular weight is 356 g/mol. The molecule has 1 heterocycles. The van der Waals surface area contributed by atoms with Gasteiger partial charge in [0.25, 0.3) is 0 Å². The fraction of sp³-hybridized carbons (Fsp3) is 0.438. The molecule has 0 aliphatic heterocycles. The molecular weight excluding hydrogens is 335 g/mol. The van der Waals surface area contributed by atoms with E-state index >= 15 is 0 Å². The lowest BCUT2D eigenvalue weighted by atomic mass is 10.1. The molecule has 0 bridgehead atoms. The van der Waals surface area contributed by atoms with E-state index in [1.54, 1.807) is 12.1 Å². The van der Waals surface area contributed by atoms with Crippen LogP contribution in [0.15, 0.2) is 33.5 Å². The highest BCUT2D eigenvalue weighted by Gasteiger charge is 2.26. The second-order valence-electron chi connectivity index (χ2n) is 5.75. The van der Waals surface area contributed by atoms with E-state index in [-0.39, 0.29) is 12.2 Å². The van der Waals surface area contributed by atoms with Gasteiger partial charge in [0.15, 0.2) is 0 Å². The first kappa shape index (κ1) is 18.1. The van der Waals surface area contributed by atoms with E-state index in [0.717, 1.165) is 10.9 Å². The van der Waals surface area contributed by atoms with Crippen LogP contribution in [0, 0.1) is 6.92 Å². The summed E-state index contributed by atoms with van der Waals surface area (Å²) in [6.45, 7) is 6.40. The van der Waals surface area contributed by atoms with Crippen molar-refractivity contribution in [2.24, 2.45) is 0 Å². The molecule has 0 radical (unpaired) electrons. The molecule has 0 aliphatic rings. The number of aryl methyl sites for hydroxylation is 1. The van der Waals surface area contributed by atoms with Gasteiger partial charge in [-0.25, -0.2) is 4.79 Å². The SMILES string of the molecule is Cc1cc(=O)oc2cc(OP(=S)(OC(C)C)OC(C)C)ccc12. The molecule has 5 nitrogen and oxygen atoms in total. The van der Waals surface area contributed by atoms with Crippen LogP contribution in [0.3, 0.4) is 0 Å². The molecule has 0 spiro atoms. The molecule has 126 valence electrons. The number of rotatable bonds is 6. The highest BCUT2D eigenvalue weighted by atomic mass is 32.5. The second kappa shape index (κ2) is 7.14. The fourth-order valence-electron chi connectivity index (χ4n) is 2.08. The second-order valence-corrected chi connectivity index (χ2v) is 8.59. The molecule has 0 aliphatic carbocycles. The van der Waals surface area contributed by atoms with Gasteiger partial charge in [0.1, 0.15) is 11.3 Å². The number of hydrogen-bond donors (Lipinski definition) is 0. The van der Waals surface area contributed by atoms with E-state index < -0.39 is 12.3 Å². The molecular formula is C16H21O5PS. The summed E-state index contributed by atoms with van der Waals surface area (Å²) >= 11 is 5.46. The van der Waals surface area contributed by atoms with Gasteiger partial charge in [0.2, 0.25) is 0 Å². The summed E-state index contributed by atoms with van der Waals surface area (Å²) in [5.74, 6) is 0.455. The smallest absolute Gasteiger partial charge is 0.381 e. The fourth-order valence-corrected chi connectivity index (χ4v) is 4.91. The van der Waals surface area contributed by atoms with Crippen LogP contribution < -0.4 is 10.1 Å². The minimum atomic E-state index is -2.94. The zero-order valence-electron chi connectivity index (χ0n) is 13.9. The molecule has 7 heteroatoms. The van der Waals surface area contributed by atoms with Crippen molar-refractivity contribution < 1.29 is 18.0 Å². The summed E-state index contributed by atoms with van der Waals surface area (Å²) in [5, 5.41) is 0.847. The molecule has 1 aromatic heterocycles. The van der Waals surface area contributed by atoms with Crippen molar-refractivity contribution in [2.45, 2.75) is 46.8 Å². The van der Waals surface area contributed by atoms with Crippen molar-refractivity contribution in [2.75, 3.05) is 0 Å². The zero-order chi connectivity index (χ0) is 17.2. The van der Waals surface area contributed by atoms with Crippen molar-refractivity contribution >= 4 is 29.5 Å². The highest BCUT2D eigenvalue weighted by Crippen LogP contribution is 2.52. The van der Waals surface area contributed by atoms with E-state index in [9.17, 15) is 4.79 Å². The normalized spacial score (nSPS) is 12.3. The quantitative estimate of drug-likeness (QED) is 0.559. The van der Waals surface area contributed by atoms with E-state index in [2.05, 4.69) is 0 Å². The third-order valence-electron chi connectivity index (χ3n) is 2.82. The number of benzene rings is 1. The maximum absolute atomic E-state index is 11.5. The topological polar surface area (TPSA) is 57.9 Å². The molecule has 2 rings (SSSR count). The minimum Gasteiger partial charge on any atom is -0.424 e. The zero-order valence-corrected chi connectivity index (χ0v) is 15.6. The first-order chi connectivity index (χ1) is 10.7. The Kier molecular flexibility index (Phi) is 5.63. The first-order valence-corrected chi connectivity index (χ1v) is 9.95. The summed E-state index contributed by atoms with van der Waals surface area (Å²) in [5.41, 5.74) is 0.894. The van der Waals surface area contributed by atoms with Crippen LogP contribution in [0.5, 0.6) is 5.75 Å². The third kappa shape index (κ3) is 4.88. The largest absolute Gasteiger partial charge is 0.424 e. The predicted molar refractivity (Wildman–Crippen MR) is 94.6 cm³/mol. The Hall–Kier alpha value is -1.20. The van der Waals surface area contributed by atoms with Crippen LogP contribution in [0.25, 0.3) is 11.0 Å². The Morgan fingerprint density at radius 2 is 1.70 bits per heavy atom. The summed E-state index contributed by atoms with van der Waals surface area (Å²) in [6.07, 6.45) is -0.250. The van der Waals surface area contributed by atoms with Crippen molar-refractivity contribution in [1.82, 2.24) is 0 Å². The van der Waals surface area contributed by atoms with Crippen LogP contribution in [0.4, 0.5) is 0 Å². The summed E-state index contributed by atoms with van der Waals surface area (Å²) < 4.78 is 22.5. The van der Waals surface area contributed by atoms with Gasteiger partial charge in [0.05, 0.1) is 12.2 Å². The van der Waals surface area contributed by atoms with Crippen LogP contribution >= 0.6 is 6.72 Å². The summed E-state index contributed by atoms with van der Waals surface area (Å²) in [7, 11) is 0. The van der Waals surface area contributed by atoms with E-state index in [1.807, 2.05) is 40.7 Å². The Labute approximate surface area is 140 Å². The molecule has 0 saturated heterocycles. The van der Waals surface area contributed by atoms with Crippen molar-refractivity contribution in [1.29, 1.82) is 0 Å². The molecule has 0 atom stereocenters. The Morgan fingerprint density at radius 3 is 2.26 bits per heavy atom.